The minimum absolute atomic E-state index is 0.348. The van der Waals surface area contributed by atoms with E-state index in [1.807, 2.05) is 19.2 Å². The summed E-state index contributed by atoms with van der Waals surface area (Å²) in [5, 5.41) is 3.22. The van der Waals surface area contributed by atoms with Gasteiger partial charge in [-0.2, -0.15) is 0 Å². The van der Waals surface area contributed by atoms with Gasteiger partial charge in [-0.3, -0.25) is 0 Å². The Morgan fingerprint density at radius 2 is 2.33 bits per heavy atom. The van der Waals surface area contributed by atoms with Crippen LogP contribution in [-0.4, -0.2) is 7.05 Å². The van der Waals surface area contributed by atoms with Crippen molar-refractivity contribution in [2.24, 2.45) is 0 Å². The SMILES string of the molecule is CCCC(NC)c1ccc(Br)o1. The van der Waals surface area contributed by atoms with Crippen molar-refractivity contribution in [2.75, 3.05) is 7.05 Å². The molecule has 0 fully saturated rings. The van der Waals surface area contributed by atoms with Gasteiger partial charge in [-0.05, 0) is 41.5 Å². The van der Waals surface area contributed by atoms with Crippen molar-refractivity contribution in [3.63, 3.8) is 0 Å². The highest BCUT2D eigenvalue weighted by molar-refractivity contribution is 9.10. The standard InChI is InChI=1S/C9H14BrNO/c1-3-4-7(11-2)8-5-6-9(10)12-8/h5-7,11H,3-4H2,1-2H3. The molecule has 1 heterocycles. The number of hydrogen-bond donors (Lipinski definition) is 1. The molecule has 3 heteroatoms. The average Bonchev–Trinajstić information content (AvgIpc) is 2.47. The molecule has 1 unspecified atom stereocenters. The third kappa shape index (κ3) is 2.35. The predicted octanol–water partition coefficient (Wildman–Crippen LogP) is 3.10. The van der Waals surface area contributed by atoms with E-state index in [0.717, 1.165) is 23.3 Å². The topological polar surface area (TPSA) is 25.2 Å². The molecule has 0 spiro atoms. The Hall–Kier alpha value is -0.280. The molecule has 0 amide bonds. The van der Waals surface area contributed by atoms with Crippen molar-refractivity contribution in [1.82, 2.24) is 5.32 Å². The van der Waals surface area contributed by atoms with Gasteiger partial charge in [0.15, 0.2) is 4.67 Å². The number of furan rings is 1. The largest absolute Gasteiger partial charge is 0.453 e. The van der Waals surface area contributed by atoms with Crippen LogP contribution in [0.15, 0.2) is 21.2 Å². The third-order valence-corrected chi connectivity index (χ3v) is 2.29. The fourth-order valence-corrected chi connectivity index (χ4v) is 1.55. The first-order valence-electron chi connectivity index (χ1n) is 4.20. The summed E-state index contributed by atoms with van der Waals surface area (Å²) < 4.78 is 6.24. The first-order valence-corrected chi connectivity index (χ1v) is 4.99. The van der Waals surface area contributed by atoms with Crippen molar-refractivity contribution in [3.05, 3.63) is 22.6 Å². The molecule has 0 aliphatic carbocycles. The summed E-state index contributed by atoms with van der Waals surface area (Å²) in [6.45, 7) is 2.17. The zero-order valence-corrected chi connectivity index (χ0v) is 9.02. The Morgan fingerprint density at radius 3 is 2.75 bits per heavy atom. The number of hydrogen-bond acceptors (Lipinski definition) is 2. The summed E-state index contributed by atoms with van der Waals surface area (Å²) in [5.41, 5.74) is 0. The average molecular weight is 232 g/mol. The summed E-state index contributed by atoms with van der Waals surface area (Å²) in [4.78, 5) is 0. The molecule has 1 atom stereocenters. The van der Waals surface area contributed by atoms with Crippen molar-refractivity contribution >= 4 is 15.9 Å². The van der Waals surface area contributed by atoms with E-state index in [1.54, 1.807) is 0 Å². The van der Waals surface area contributed by atoms with Gasteiger partial charge in [-0.25, -0.2) is 0 Å². The highest BCUT2D eigenvalue weighted by Gasteiger charge is 2.11. The van der Waals surface area contributed by atoms with Crippen LogP contribution in [0.1, 0.15) is 31.6 Å². The Labute approximate surface area is 81.5 Å². The maximum atomic E-state index is 5.44. The van der Waals surface area contributed by atoms with E-state index in [-0.39, 0.29) is 0 Å². The fourth-order valence-electron chi connectivity index (χ4n) is 1.23. The maximum Gasteiger partial charge on any atom is 0.169 e. The molecule has 2 nitrogen and oxygen atoms in total. The minimum Gasteiger partial charge on any atom is -0.453 e. The Morgan fingerprint density at radius 1 is 1.58 bits per heavy atom. The van der Waals surface area contributed by atoms with Gasteiger partial charge in [-0.15, -0.1) is 0 Å². The number of nitrogens with one attached hydrogen (secondary N) is 1. The highest BCUT2D eigenvalue weighted by Crippen LogP contribution is 2.23. The molecule has 0 radical (unpaired) electrons. The normalized spacial score (nSPS) is 13.2. The van der Waals surface area contributed by atoms with Crippen molar-refractivity contribution < 1.29 is 4.42 Å². The van der Waals surface area contributed by atoms with Gasteiger partial charge in [0.05, 0.1) is 6.04 Å². The fraction of sp³-hybridized carbons (Fsp3) is 0.556. The molecule has 0 saturated heterocycles. The quantitative estimate of drug-likeness (QED) is 0.862. The predicted molar refractivity (Wildman–Crippen MR) is 53.1 cm³/mol. The van der Waals surface area contributed by atoms with Gasteiger partial charge in [-0.1, -0.05) is 13.3 Å². The van der Waals surface area contributed by atoms with Crippen molar-refractivity contribution in [3.8, 4) is 0 Å². The van der Waals surface area contributed by atoms with E-state index >= 15 is 0 Å². The summed E-state index contributed by atoms with van der Waals surface area (Å²) in [6.07, 6.45) is 2.26. The van der Waals surface area contributed by atoms with Crippen LogP contribution < -0.4 is 5.32 Å². The van der Waals surface area contributed by atoms with E-state index in [9.17, 15) is 0 Å². The van der Waals surface area contributed by atoms with Gasteiger partial charge in [0, 0.05) is 0 Å². The second kappa shape index (κ2) is 4.67. The molecule has 68 valence electrons. The lowest BCUT2D eigenvalue weighted by Crippen LogP contribution is -2.15. The second-order valence-electron chi connectivity index (χ2n) is 2.77. The van der Waals surface area contributed by atoms with Crippen LogP contribution in [-0.2, 0) is 0 Å². The molecule has 0 bridgehead atoms. The van der Waals surface area contributed by atoms with Crippen LogP contribution in [0.25, 0.3) is 0 Å². The van der Waals surface area contributed by atoms with E-state index in [2.05, 4.69) is 28.2 Å². The molecule has 0 saturated carbocycles. The number of rotatable bonds is 4. The lowest BCUT2D eigenvalue weighted by Gasteiger charge is -2.11. The Balaban J connectivity index is 2.66. The lowest BCUT2D eigenvalue weighted by atomic mass is 10.1. The monoisotopic (exact) mass is 231 g/mol. The van der Waals surface area contributed by atoms with E-state index in [4.69, 9.17) is 4.42 Å². The summed E-state index contributed by atoms with van der Waals surface area (Å²) >= 11 is 3.29. The summed E-state index contributed by atoms with van der Waals surface area (Å²) in [5.74, 6) is 1.01. The lowest BCUT2D eigenvalue weighted by molar-refractivity contribution is 0.401. The number of halogens is 1. The van der Waals surface area contributed by atoms with Crippen LogP contribution in [0.4, 0.5) is 0 Å². The molecule has 0 aliphatic heterocycles. The molecule has 1 aromatic rings. The molecular weight excluding hydrogens is 218 g/mol. The first-order chi connectivity index (χ1) is 5.77. The first kappa shape index (κ1) is 9.81. The molecule has 12 heavy (non-hydrogen) atoms. The van der Waals surface area contributed by atoms with Crippen molar-refractivity contribution in [2.45, 2.75) is 25.8 Å². The smallest absolute Gasteiger partial charge is 0.169 e. The molecule has 1 rings (SSSR count). The van der Waals surface area contributed by atoms with E-state index in [1.165, 1.54) is 0 Å². The van der Waals surface area contributed by atoms with Crippen molar-refractivity contribution in [1.29, 1.82) is 0 Å². The van der Waals surface area contributed by atoms with Crippen LogP contribution in [0.3, 0.4) is 0 Å². The van der Waals surface area contributed by atoms with Crippen LogP contribution >= 0.6 is 15.9 Å². The van der Waals surface area contributed by atoms with Gasteiger partial charge in [0.1, 0.15) is 5.76 Å². The van der Waals surface area contributed by atoms with Crippen LogP contribution in [0.2, 0.25) is 0 Å². The Kier molecular flexibility index (Phi) is 3.82. The molecule has 1 N–H and O–H groups in total. The molecular formula is C9H14BrNO. The van der Waals surface area contributed by atoms with Gasteiger partial charge in [0.25, 0.3) is 0 Å². The second-order valence-corrected chi connectivity index (χ2v) is 3.55. The molecule has 1 aromatic heterocycles. The summed E-state index contributed by atoms with van der Waals surface area (Å²) in [6, 6.07) is 4.28. The molecule has 0 aliphatic rings. The molecule has 0 aromatic carbocycles. The maximum absolute atomic E-state index is 5.44. The van der Waals surface area contributed by atoms with E-state index in [0.29, 0.717) is 6.04 Å². The van der Waals surface area contributed by atoms with E-state index < -0.39 is 0 Å². The van der Waals surface area contributed by atoms with Gasteiger partial charge < -0.3 is 9.73 Å². The van der Waals surface area contributed by atoms with Crippen LogP contribution in [0.5, 0.6) is 0 Å². The summed E-state index contributed by atoms with van der Waals surface area (Å²) in [7, 11) is 1.96. The van der Waals surface area contributed by atoms with Gasteiger partial charge in [0.2, 0.25) is 0 Å². The zero-order chi connectivity index (χ0) is 8.97. The zero-order valence-electron chi connectivity index (χ0n) is 7.43. The third-order valence-electron chi connectivity index (χ3n) is 1.86. The van der Waals surface area contributed by atoms with Crippen LogP contribution in [0, 0.1) is 0 Å². The minimum atomic E-state index is 0.348. The van der Waals surface area contributed by atoms with Gasteiger partial charge >= 0.3 is 0 Å². The highest BCUT2D eigenvalue weighted by atomic mass is 79.9. The Bertz CT molecular complexity index is 234.